The molecular weight excluding hydrogens is 336 g/mol. The Kier molecular flexibility index (Phi) is 4.72. The lowest BCUT2D eigenvalue weighted by Crippen LogP contribution is -2.41. The molecule has 8 heteroatoms. The Labute approximate surface area is 150 Å². The summed E-state index contributed by atoms with van der Waals surface area (Å²) in [6.07, 6.45) is 8.41. The van der Waals surface area contributed by atoms with E-state index in [0.717, 1.165) is 25.7 Å². The molecular formula is C18H20N4O4. The number of ether oxygens (including phenoxy) is 3. The van der Waals surface area contributed by atoms with Gasteiger partial charge in [0.15, 0.2) is 11.5 Å². The molecule has 4 rings (SSSR count). The average Bonchev–Trinajstić information content (AvgIpc) is 3.12. The quantitative estimate of drug-likeness (QED) is 0.875. The van der Waals surface area contributed by atoms with Crippen LogP contribution in [0.15, 0.2) is 36.8 Å². The van der Waals surface area contributed by atoms with Gasteiger partial charge in [-0.25, -0.2) is 9.78 Å². The number of fused-ring (bicyclic) bond motifs is 1. The van der Waals surface area contributed by atoms with Crippen molar-refractivity contribution >= 4 is 11.7 Å². The Hall–Kier alpha value is -3.03. The molecule has 1 fully saturated rings. The summed E-state index contributed by atoms with van der Waals surface area (Å²) >= 11 is 0. The van der Waals surface area contributed by atoms with E-state index in [1.54, 1.807) is 36.8 Å². The van der Waals surface area contributed by atoms with E-state index in [2.05, 4.69) is 20.6 Å². The predicted octanol–water partition coefficient (Wildman–Crippen LogP) is 2.72. The Morgan fingerprint density at radius 2 is 1.96 bits per heavy atom. The molecule has 1 aliphatic heterocycles. The summed E-state index contributed by atoms with van der Waals surface area (Å²) in [5, 5.41) is 5.85. The highest BCUT2D eigenvalue weighted by molar-refractivity contribution is 5.89. The van der Waals surface area contributed by atoms with Crippen molar-refractivity contribution in [3.8, 4) is 17.4 Å². The normalized spacial score (nSPS) is 21.1. The molecule has 2 amide bonds. The number of carbonyl (C=O) groups excluding carboxylic acids is 1. The number of hydrogen-bond acceptors (Lipinski definition) is 6. The van der Waals surface area contributed by atoms with Crippen LogP contribution >= 0.6 is 0 Å². The first-order valence-corrected chi connectivity index (χ1v) is 8.66. The van der Waals surface area contributed by atoms with Crippen molar-refractivity contribution in [2.75, 3.05) is 12.1 Å². The minimum Gasteiger partial charge on any atom is -0.473 e. The van der Waals surface area contributed by atoms with E-state index in [0.29, 0.717) is 23.1 Å². The van der Waals surface area contributed by atoms with E-state index >= 15 is 0 Å². The fraction of sp³-hybridized carbons (Fsp3) is 0.389. The maximum absolute atomic E-state index is 12.2. The minimum atomic E-state index is -0.220. The minimum absolute atomic E-state index is 0.113. The van der Waals surface area contributed by atoms with Crippen LogP contribution in [0.25, 0.3) is 0 Å². The van der Waals surface area contributed by atoms with Crippen LogP contribution in [0, 0.1) is 0 Å². The maximum Gasteiger partial charge on any atom is 0.319 e. The van der Waals surface area contributed by atoms with Crippen molar-refractivity contribution in [1.82, 2.24) is 15.3 Å². The molecule has 0 unspecified atom stereocenters. The molecule has 8 nitrogen and oxygen atoms in total. The summed E-state index contributed by atoms with van der Waals surface area (Å²) in [6.45, 7) is 0.213. The lowest BCUT2D eigenvalue weighted by molar-refractivity contribution is 0.135. The van der Waals surface area contributed by atoms with Crippen LogP contribution in [-0.2, 0) is 0 Å². The number of amides is 2. The number of aromatic nitrogens is 2. The molecule has 2 heterocycles. The van der Waals surface area contributed by atoms with Gasteiger partial charge in [-0.2, -0.15) is 0 Å². The third-order valence-electron chi connectivity index (χ3n) is 4.47. The number of anilines is 1. The highest BCUT2D eigenvalue weighted by atomic mass is 16.7. The van der Waals surface area contributed by atoms with Crippen LogP contribution in [0.1, 0.15) is 25.7 Å². The van der Waals surface area contributed by atoms with Crippen LogP contribution in [0.4, 0.5) is 10.5 Å². The Balaban J connectivity index is 1.23. The smallest absolute Gasteiger partial charge is 0.319 e. The maximum atomic E-state index is 12.2. The SMILES string of the molecule is O=C(Nc1ccc2c(c1)OCO2)NC1CCC(Oc2cnccn2)CC1. The second-order valence-electron chi connectivity index (χ2n) is 6.30. The van der Waals surface area contributed by atoms with Gasteiger partial charge in [-0.05, 0) is 37.8 Å². The number of carbonyl (C=O) groups is 1. The van der Waals surface area contributed by atoms with E-state index in [4.69, 9.17) is 14.2 Å². The van der Waals surface area contributed by atoms with Gasteiger partial charge in [-0.15, -0.1) is 0 Å². The van der Waals surface area contributed by atoms with Crippen molar-refractivity contribution in [3.63, 3.8) is 0 Å². The standard InChI is InChI=1S/C18H20N4O4/c23-18(22-13-3-6-15-16(9-13)25-11-24-15)21-12-1-4-14(5-2-12)26-17-10-19-7-8-20-17/h3,6-10,12,14H,1-2,4-5,11H2,(H2,21,22,23). The topological polar surface area (TPSA) is 94.6 Å². The van der Waals surface area contributed by atoms with Gasteiger partial charge in [0, 0.05) is 30.2 Å². The second-order valence-corrected chi connectivity index (χ2v) is 6.30. The number of rotatable bonds is 4. The zero-order valence-corrected chi connectivity index (χ0v) is 14.2. The number of nitrogens with zero attached hydrogens (tertiary/aromatic N) is 2. The van der Waals surface area contributed by atoms with Gasteiger partial charge in [0.25, 0.3) is 0 Å². The summed E-state index contributed by atoms with van der Waals surface area (Å²) in [4.78, 5) is 20.3. The molecule has 0 radical (unpaired) electrons. The van der Waals surface area contributed by atoms with Gasteiger partial charge in [0.1, 0.15) is 6.10 Å². The fourth-order valence-electron chi connectivity index (χ4n) is 3.17. The average molecular weight is 356 g/mol. The molecule has 1 aliphatic carbocycles. The van der Waals surface area contributed by atoms with E-state index < -0.39 is 0 Å². The molecule has 1 saturated carbocycles. The zero-order valence-electron chi connectivity index (χ0n) is 14.2. The van der Waals surface area contributed by atoms with Crippen molar-refractivity contribution in [2.45, 2.75) is 37.8 Å². The first-order valence-electron chi connectivity index (χ1n) is 8.66. The summed E-state index contributed by atoms with van der Waals surface area (Å²) in [7, 11) is 0. The van der Waals surface area contributed by atoms with Crippen LogP contribution in [-0.4, -0.2) is 34.9 Å². The zero-order chi connectivity index (χ0) is 17.8. The first-order chi connectivity index (χ1) is 12.8. The predicted molar refractivity (Wildman–Crippen MR) is 93.4 cm³/mol. The molecule has 136 valence electrons. The van der Waals surface area contributed by atoms with Crippen LogP contribution in [0.5, 0.6) is 17.4 Å². The highest BCUT2D eigenvalue weighted by Crippen LogP contribution is 2.34. The summed E-state index contributed by atoms with van der Waals surface area (Å²) < 4.78 is 16.4. The number of nitrogens with one attached hydrogen (secondary N) is 2. The molecule has 26 heavy (non-hydrogen) atoms. The summed E-state index contributed by atoms with van der Waals surface area (Å²) in [5.41, 5.74) is 0.673. The van der Waals surface area contributed by atoms with Gasteiger partial charge >= 0.3 is 6.03 Å². The van der Waals surface area contributed by atoms with Crippen LogP contribution < -0.4 is 24.8 Å². The van der Waals surface area contributed by atoms with Crippen molar-refractivity contribution in [1.29, 1.82) is 0 Å². The third-order valence-corrected chi connectivity index (χ3v) is 4.47. The van der Waals surface area contributed by atoms with E-state index in [1.807, 2.05) is 0 Å². The monoisotopic (exact) mass is 356 g/mol. The Morgan fingerprint density at radius 1 is 1.12 bits per heavy atom. The summed E-state index contributed by atoms with van der Waals surface area (Å²) in [5.74, 6) is 1.88. The number of benzene rings is 1. The second kappa shape index (κ2) is 7.47. The molecule has 2 N–H and O–H groups in total. The number of urea groups is 1. The lowest BCUT2D eigenvalue weighted by atomic mass is 9.93. The van der Waals surface area contributed by atoms with Crippen LogP contribution in [0.2, 0.25) is 0 Å². The van der Waals surface area contributed by atoms with E-state index in [-0.39, 0.29) is 25.0 Å². The Morgan fingerprint density at radius 3 is 2.77 bits per heavy atom. The van der Waals surface area contributed by atoms with Gasteiger partial charge in [0.2, 0.25) is 12.7 Å². The van der Waals surface area contributed by atoms with Crippen molar-refractivity contribution in [3.05, 3.63) is 36.8 Å². The van der Waals surface area contributed by atoms with Gasteiger partial charge in [-0.1, -0.05) is 0 Å². The largest absolute Gasteiger partial charge is 0.473 e. The molecule has 0 spiro atoms. The Bertz CT molecular complexity index is 763. The van der Waals surface area contributed by atoms with Gasteiger partial charge in [0.05, 0.1) is 6.20 Å². The van der Waals surface area contributed by atoms with Crippen molar-refractivity contribution < 1.29 is 19.0 Å². The first kappa shape index (κ1) is 16.4. The van der Waals surface area contributed by atoms with Crippen molar-refractivity contribution in [2.24, 2.45) is 0 Å². The van der Waals surface area contributed by atoms with Gasteiger partial charge < -0.3 is 24.8 Å². The molecule has 0 atom stereocenters. The molecule has 0 bridgehead atoms. The van der Waals surface area contributed by atoms with Crippen LogP contribution in [0.3, 0.4) is 0 Å². The fourth-order valence-corrected chi connectivity index (χ4v) is 3.17. The third kappa shape index (κ3) is 3.96. The molecule has 2 aromatic rings. The number of hydrogen-bond donors (Lipinski definition) is 2. The summed E-state index contributed by atoms with van der Waals surface area (Å²) in [6, 6.07) is 5.24. The highest BCUT2D eigenvalue weighted by Gasteiger charge is 2.24. The molecule has 2 aliphatic rings. The molecule has 1 aromatic heterocycles. The molecule has 0 saturated heterocycles. The molecule has 1 aromatic carbocycles. The van der Waals surface area contributed by atoms with E-state index in [1.165, 1.54) is 0 Å². The van der Waals surface area contributed by atoms with E-state index in [9.17, 15) is 4.79 Å². The van der Waals surface area contributed by atoms with Gasteiger partial charge in [-0.3, -0.25) is 4.98 Å². The lowest BCUT2D eigenvalue weighted by Gasteiger charge is -2.29.